The topological polar surface area (TPSA) is 53.9 Å². The Hall–Kier alpha value is -3.08. The van der Waals surface area contributed by atoms with Crippen molar-refractivity contribution in [1.82, 2.24) is 5.43 Å². The monoisotopic (exact) mass is 351 g/mol. The molecular weight excluding hydrogens is 326 g/mol. The molecule has 5 heteroatoms. The first-order valence-corrected chi connectivity index (χ1v) is 8.70. The Kier molecular flexibility index (Phi) is 7.43. The molecule has 136 valence electrons. The summed E-state index contributed by atoms with van der Waals surface area (Å²) in [6.07, 6.45) is 3.25. The van der Waals surface area contributed by atoms with Gasteiger partial charge in [0.1, 0.15) is 12.4 Å². The number of hydrogen-bond donors (Lipinski definition) is 1. The van der Waals surface area contributed by atoms with Gasteiger partial charge in [-0.1, -0.05) is 24.8 Å². The predicted octanol–water partition coefficient (Wildman–Crippen LogP) is 3.86. The van der Waals surface area contributed by atoms with Gasteiger partial charge in [-0.3, -0.25) is 4.79 Å². The fourth-order valence-corrected chi connectivity index (χ4v) is 2.50. The van der Waals surface area contributed by atoms with E-state index >= 15 is 0 Å². The zero-order valence-corrected chi connectivity index (χ0v) is 15.3. The van der Waals surface area contributed by atoms with Crippen LogP contribution in [0.3, 0.4) is 0 Å². The Labute approximate surface area is 155 Å². The zero-order valence-electron chi connectivity index (χ0n) is 15.3. The molecule has 26 heavy (non-hydrogen) atoms. The lowest BCUT2D eigenvalue weighted by Crippen LogP contribution is -2.22. The molecule has 0 aliphatic heterocycles. The van der Waals surface area contributed by atoms with Crippen molar-refractivity contribution in [2.45, 2.75) is 13.8 Å². The average molecular weight is 351 g/mol. The fraction of sp³-hybridized carbons (Fsp3) is 0.238. The quantitative estimate of drug-likeness (QED) is 0.424. The van der Waals surface area contributed by atoms with Crippen LogP contribution in [0.25, 0.3) is 0 Å². The molecule has 2 aromatic rings. The normalized spacial score (nSPS) is 10.5. The third kappa shape index (κ3) is 5.21. The van der Waals surface area contributed by atoms with Crippen molar-refractivity contribution in [3.8, 4) is 5.75 Å². The zero-order chi connectivity index (χ0) is 18.8. The highest BCUT2D eigenvalue weighted by Crippen LogP contribution is 2.16. The van der Waals surface area contributed by atoms with Crippen LogP contribution >= 0.6 is 0 Å². The molecule has 0 unspecified atom stereocenters. The number of hydrogen-bond acceptors (Lipinski definition) is 4. The lowest BCUT2D eigenvalue weighted by molar-refractivity contribution is 0.0955. The second-order valence-corrected chi connectivity index (χ2v) is 5.56. The van der Waals surface area contributed by atoms with E-state index < -0.39 is 0 Å². The van der Waals surface area contributed by atoms with Gasteiger partial charge in [-0.05, 0) is 50.2 Å². The molecule has 0 fully saturated rings. The minimum Gasteiger partial charge on any atom is -0.489 e. The number of rotatable bonds is 9. The number of hydrazone groups is 1. The molecule has 0 radical (unpaired) electrons. The van der Waals surface area contributed by atoms with Crippen LogP contribution in [0.5, 0.6) is 5.75 Å². The van der Waals surface area contributed by atoms with E-state index in [9.17, 15) is 4.79 Å². The number of nitrogens with zero attached hydrogens (tertiary/aromatic N) is 2. The van der Waals surface area contributed by atoms with Crippen molar-refractivity contribution in [1.29, 1.82) is 0 Å². The molecule has 1 amide bonds. The van der Waals surface area contributed by atoms with Gasteiger partial charge in [-0.25, -0.2) is 5.43 Å². The number of amides is 1. The van der Waals surface area contributed by atoms with Gasteiger partial charge in [0, 0.05) is 29.9 Å². The van der Waals surface area contributed by atoms with Crippen LogP contribution in [0.4, 0.5) is 5.69 Å². The van der Waals surface area contributed by atoms with Crippen molar-refractivity contribution < 1.29 is 9.53 Å². The Balaban J connectivity index is 2.00. The summed E-state index contributed by atoms with van der Waals surface area (Å²) in [5.41, 5.74) is 5.00. The maximum atomic E-state index is 12.2. The second kappa shape index (κ2) is 10.0. The van der Waals surface area contributed by atoms with Gasteiger partial charge in [0.2, 0.25) is 0 Å². The van der Waals surface area contributed by atoms with Gasteiger partial charge < -0.3 is 9.64 Å². The van der Waals surface area contributed by atoms with Gasteiger partial charge in [0.15, 0.2) is 0 Å². The molecule has 2 rings (SSSR count). The van der Waals surface area contributed by atoms with Crippen molar-refractivity contribution in [3.63, 3.8) is 0 Å². The lowest BCUT2D eigenvalue weighted by atomic mass is 10.2. The number of benzene rings is 2. The molecule has 0 bridgehead atoms. The minimum atomic E-state index is -0.253. The largest absolute Gasteiger partial charge is 0.489 e. The van der Waals surface area contributed by atoms with Crippen LogP contribution in [0.2, 0.25) is 0 Å². The lowest BCUT2D eigenvalue weighted by Gasteiger charge is -2.20. The molecule has 0 aromatic heterocycles. The van der Waals surface area contributed by atoms with E-state index in [1.807, 2.05) is 36.4 Å². The number of ether oxygens (including phenoxy) is 1. The van der Waals surface area contributed by atoms with Gasteiger partial charge >= 0.3 is 0 Å². The number of carbonyl (C=O) groups is 1. The van der Waals surface area contributed by atoms with Crippen LogP contribution < -0.4 is 15.1 Å². The van der Waals surface area contributed by atoms with Crippen molar-refractivity contribution >= 4 is 17.8 Å². The number of para-hydroxylation sites is 1. The van der Waals surface area contributed by atoms with Gasteiger partial charge in [0.25, 0.3) is 5.91 Å². The molecule has 1 N–H and O–H groups in total. The molecule has 0 spiro atoms. The summed E-state index contributed by atoms with van der Waals surface area (Å²) in [5, 5.41) is 4.04. The second-order valence-electron chi connectivity index (χ2n) is 5.56. The Bertz CT molecular complexity index is 750. The van der Waals surface area contributed by atoms with E-state index in [-0.39, 0.29) is 5.91 Å². The Morgan fingerprint density at radius 3 is 2.50 bits per heavy atom. The van der Waals surface area contributed by atoms with E-state index in [1.165, 1.54) is 0 Å². The first-order valence-electron chi connectivity index (χ1n) is 8.70. The molecule has 5 nitrogen and oxygen atoms in total. The van der Waals surface area contributed by atoms with Crippen LogP contribution in [0.1, 0.15) is 29.8 Å². The molecular formula is C21H25N3O2. The summed E-state index contributed by atoms with van der Waals surface area (Å²) in [4.78, 5) is 14.5. The summed E-state index contributed by atoms with van der Waals surface area (Å²) in [6.45, 7) is 10.1. The Morgan fingerprint density at radius 1 is 1.15 bits per heavy atom. The minimum absolute atomic E-state index is 0.253. The van der Waals surface area contributed by atoms with Crippen LogP contribution in [-0.4, -0.2) is 31.8 Å². The van der Waals surface area contributed by atoms with Crippen LogP contribution in [0.15, 0.2) is 66.3 Å². The number of anilines is 1. The smallest absolute Gasteiger partial charge is 0.271 e. The molecule has 0 aliphatic carbocycles. The summed E-state index contributed by atoms with van der Waals surface area (Å²) < 4.78 is 5.56. The van der Waals surface area contributed by atoms with Gasteiger partial charge in [-0.15, -0.1) is 0 Å². The maximum absolute atomic E-state index is 12.2. The summed E-state index contributed by atoms with van der Waals surface area (Å²) in [6, 6.07) is 15.0. The standard InChI is InChI=1S/C21H25N3O2/c1-4-15-26-20-10-8-7-9-18(20)16-22-23-21(25)17-11-13-19(14-12-17)24(5-2)6-3/h4,7-14,16H,1,5-6,15H2,2-3H3,(H,23,25)/b22-16-. The first kappa shape index (κ1) is 19.2. The van der Waals surface area contributed by atoms with Crippen LogP contribution in [-0.2, 0) is 0 Å². The van der Waals surface area contributed by atoms with Crippen molar-refractivity contribution in [2.75, 3.05) is 24.6 Å². The number of carbonyl (C=O) groups excluding carboxylic acids is 1. The Morgan fingerprint density at radius 2 is 1.85 bits per heavy atom. The van der Waals surface area contributed by atoms with Crippen molar-refractivity contribution in [2.24, 2.45) is 5.10 Å². The highest BCUT2D eigenvalue weighted by Gasteiger charge is 2.06. The molecule has 0 heterocycles. The predicted molar refractivity (Wildman–Crippen MR) is 107 cm³/mol. The molecule has 0 atom stereocenters. The molecule has 0 aliphatic rings. The first-order chi connectivity index (χ1) is 12.7. The summed E-state index contributed by atoms with van der Waals surface area (Å²) in [5.74, 6) is 0.436. The average Bonchev–Trinajstić information content (AvgIpc) is 2.68. The van der Waals surface area contributed by atoms with Gasteiger partial charge in [-0.2, -0.15) is 5.10 Å². The third-order valence-electron chi connectivity index (χ3n) is 3.90. The van der Waals surface area contributed by atoms with E-state index in [1.54, 1.807) is 24.4 Å². The highest BCUT2D eigenvalue weighted by molar-refractivity contribution is 5.95. The van der Waals surface area contributed by atoms with E-state index in [2.05, 4.69) is 35.9 Å². The van der Waals surface area contributed by atoms with Crippen molar-refractivity contribution in [3.05, 3.63) is 72.3 Å². The number of nitrogens with one attached hydrogen (secondary N) is 1. The SMILES string of the molecule is C=CCOc1ccccc1/C=N\NC(=O)c1ccc(N(CC)CC)cc1. The summed E-state index contributed by atoms with van der Waals surface area (Å²) in [7, 11) is 0. The van der Waals surface area contributed by atoms with E-state index in [4.69, 9.17) is 4.74 Å². The fourth-order valence-electron chi connectivity index (χ4n) is 2.50. The molecule has 2 aromatic carbocycles. The van der Waals surface area contributed by atoms with Crippen LogP contribution in [0, 0.1) is 0 Å². The molecule has 0 saturated carbocycles. The highest BCUT2D eigenvalue weighted by atomic mass is 16.5. The maximum Gasteiger partial charge on any atom is 0.271 e. The summed E-state index contributed by atoms with van der Waals surface area (Å²) >= 11 is 0. The van der Waals surface area contributed by atoms with E-state index in [0.29, 0.717) is 17.9 Å². The van der Waals surface area contributed by atoms with E-state index in [0.717, 1.165) is 24.3 Å². The van der Waals surface area contributed by atoms with Gasteiger partial charge in [0.05, 0.1) is 6.21 Å². The molecule has 0 saturated heterocycles. The third-order valence-corrected chi connectivity index (χ3v) is 3.90.